The summed E-state index contributed by atoms with van der Waals surface area (Å²) >= 11 is 4.03. The number of hydrogen-bond donors (Lipinski definition) is 1. The largest absolute Gasteiger partial charge is 0.336 e. The van der Waals surface area contributed by atoms with E-state index >= 15 is 0 Å². The van der Waals surface area contributed by atoms with Gasteiger partial charge in [0.1, 0.15) is 0 Å². The zero-order valence-corrected chi connectivity index (χ0v) is 19.7. The highest BCUT2D eigenvalue weighted by molar-refractivity contribution is 9.10. The van der Waals surface area contributed by atoms with Gasteiger partial charge in [0.15, 0.2) is 0 Å². The van der Waals surface area contributed by atoms with Crippen LogP contribution in [-0.4, -0.2) is 34.6 Å². The lowest BCUT2D eigenvalue weighted by Crippen LogP contribution is -2.54. The second-order valence-corrected chi connectivity index (χ2v) is 12.0. The van der Waals surface area contributed by atoms with Crippen LogP contribution in [0.2, 0.25) is 0 Å². The van der Waals surface area contributed by atoms with Gasteiger partial charge in [-0.15, -0.1) is 0 Å². The first-order valence-electron chi connectivity index (χ1n) is 10.9. The molecule has 4 aliphatic rings. The molecule has 5 rings (SSSR count). The SMILES string of the molecule is Cc1cc(C)c(NC(=O)CN(C)C(=O)CC23CC4CC(CC(Br)(C4)C2)C3)c(C)c1. The van der Waals surface area contributed by atoms with Gasteiger partial charge < -0.3 is 10.2 Å². The first kappa shape index (κ1) is 20.9. The first-order chi connectivity index (χ1) is 13.6. The molecule has 4 saturated carbocycles. The van der Waals surface area contributed by atoms with Crippen LogP contribution in [0.1, 0.15) is 61.6 Å². The number of aryl methyl sites for hydroxylation is 3. The maximum atomic E-state index is 13.0. The number of rotatable bonds is 5. The Bertz CT molecular complexity index is 812. The van der Waals surface area contributed by atoms with E-state index in [1.165, 1.54) is 37.7 Å². The Morgan fingerprint density at radius 3 is 2.24 bits per heavy atom. The third kappa shape index (κ3) is 4.26. The minimum Gasteiger partial charge on any atom is -0.336 e. The Kier molecular flexibility index (Phi) is 5.33. The van der Waals surface area contributed by atoms with Gasteiger partial charge >= 0.3 is 0 Å². The molecule has 4 aliphatic carbocycles. The van der Waals surface area contributed by atoms with E-state index in [0.717, 1.165) is 35.1 Å². The molecule has 0 radical (unpaired) electrons. The lowest BCUT2D eigenvalue weighted by Gasteiger charge is -2.60. The molecule has 0 aromatic heterocycles. The average molecular weight is 461 g/mol. The van der Waals surface area contributed by atoms with Crippen molar-refractivity contribution >= 4 is 33.4 Å². The van der Waals surface area contributed by atoms with Gasteiger partial charge in [0.2, 0.25) is 11.8 Å². The molecule has 2 atom stereocenters. The normalized spacial score (nSPS) is 32.3. The van der Waals surface area contributed by atoms with E-state index in [1.54, 1.807) is 11.9 Å². The number of nitrogens with one attached hydrogen (secondary N) is 1. The number of halogens is 1. The second kappa shape index (κ2) is 7.40. The maximum absolute atomic E-state index is 13.0. The molecule has 0 spiro atoms. The van der Waals surface area contributed by atoms with Gasteiger partial charge in [-0.3, -0.25) is 9.59 Å². The van der Waals surface area contributed by atoms with Gasteiger partial charge in [0.05, 0.1) is 6.54 Å². The Balaban J connectivity index is 1.37. The molecule has 158 valence electrons. The molecule has 1 aromatic carbocycles. The number of hydrogen-bond acceptors (Lipinski definition) is 2. The summed E-state index contributed by atoms with van der Waals surface area (Å²) in [5, 5.41) is 3.02. The van der Waals surface area contributed by atoms with Gasteiger partial charge in [-0.1, -0.05) is 33.6 Å². The van der Waals surface area contributed by atoms with E-state index in [4.69, 9.17) is 0 Å². The minimum absolute atomic E-state index is 0.105. The van der Waals surface area contributed by atoms with Crippen LogP contribution >= 0.6 is 15.9 Å². The fourth-order valence-electron chi connectivity index (χ4n) is 6.86. The molecule has 4 fully saturated rings. The molecule has 5 heteroatoms. The van der Waals surface area contributed by atoms with Crippen molar-refractivity contribution < 1.29 is 9.59 Å². The van der Waals surface area contributed by atoms with Crippen molar-refractivity contribution in [3.8, 4) is 0 Å². The number of benzene rings is 1. The Hall–Kier alpha value is -1.36. The van der Waals surface area contributed by atoms with Crippen LogP contribution < -0.4 is 5.32 Å². The van der Waals surface area contributed by atoms with Crippen LogP contribution in [0.25, 0.3) is 0 Å². The fraction of sp³-hybridized carbons (Fsp3) is 0.667. The summed E-state index contributed by atoms with van der Waals surface area (Å²) in [6, 6.07) is 4.14. The summed E-state index contributed by atoms with van der Waals surface area (Å²) in [5.74, 6) is 1.52. The minimum atomic E-state index is -0.127. The number of carbonyl (C=O) groups is 2. The molecular weight excluding hydrogens is 428 g/mol. The highest BCUT2D eigenvalue weighted by Crippen LogP contribution is 2.65. The van der Waals surface area contributed by atoms with Crippen molar-refractivity contribution in [3.05, 3.63) is 28.8 Å². The summed E-state index contributed by atoms with van der Waals surface area (Å²) in [6.07, 6.45) is 7.95. The summed E-state index contributed by atoms with van der Waals surface area (Å²) in [5.41, 5.74) is 4.30. The lowest BCUT2D eigenvalue weighted by atomic mass is 9.48. The van der Waals surface area contributed by atoms with E-state index in [1.807, 2.05) is 13.8 Å². The summed E-state index contributed by atoms with van der Waals surface area (Å²) in [6.45, 7) is 6.18. The van der Waals surface area contributed by atoms with Crippen molar-refractivity contribution in [2.24, 2.45) is 17.3 Å². The summed E-state index contributed by atoms with van der Waals surface area (Å²) in [7, 11) is 1.77. The molecule has 0 saturated heterocycles. The third-order valence-corrected chi connectivity index (χ3v) is 8.31. The zero-order valence-electron chi connectivity index (χ0n) is 18.1. The molecule has 4 nitrogen and oxygen atoms in total. The van der Waals surface area contributed by atoms with Crippen molar-refractivity contribution in [2.75, 3.05) is 18.9 Å². The Morgan fingerprint density at radius 2 is 1.69 bits per heavy atom. The molecule has 1 N–H and O–H groups in total. The summed E-state index contributed by atoms with van der Waals surface area (Å²) < 4.78 is 0.258. The highest BCUT2D eigenvalue weighted by Gasteiger charge is 2.57. The van der Waals surface area contributed by atoms with Gasteiger partial charge in [-0.05, 0) is 87.7 Å². The lowest BCUT2D eigenvalue weighted by molar-refractivity contribution is -0.139. The summed E-state index contributed by atoms with van der Waals surface area (Å²) in [4.78, 5) is 27.3. The quantitative estimate of drug-likeness (QED) is 0.618. The smallest absolute Gasteiger partial charge is 0.243 e. The number of carbonyl (C=O) groups excluding carboxylic acids is 2. The van der Waals surface area contributed by atoms with E-state index < -0.39 is 0 Å². The molecule has 2 unspecified atom stereocenters. The number of anilines is 1. The topological polar surface area (TPSA) is 49.4 Å². The van der Waals surface area contributed by atoms with Gasteiger partial charge in [0, 0.05) is 23.5 Å². The predicted molar refractivity (Wildman–Crippen MR) is 120 cm³/mol. The molecule has 2 amide bonds. The van der Waals surface area contributed by atoms with Crippen LogP contribution in [0.15, 0.2) is 12.1 Å². The van der Waals surface area contributed by atoms with E-state index in [-0.39, 0.29) is 28.1 Å². The van der Waals surface area contributed by atoms with E-state index in [0.29, 0.717) is 6.42 Å². The van der Waals surface area contributed by atoms with E-state index in [2.05, 4.69) is 40.3 Å². The molecule has 0 heterocycles. The van der Waals surface area contributed by atoms with Crippen LogP contribution in [0.3, 0.4) is 0 Å². The zero-order chi connectivity index (χ0) is 21.0. The molecule has 29 heavy (non-hydrogen) atoms. The number of likely N-dealkylation sites (N-methyl/N-ethyl adjacent to an activating group) is 1. The van der Waals surface area contributed by atoms with Gasteiger partial charge in [-0.25, -0.2) is 0 Å². The fourth-order valence-corrected chi connectivity index (χ4v) is 8.37. The second-order valence-electron chi connectivity index (χ2n) is 10.4. The predicted octanol–water partition coefficient (Wildman–Crippen LogP) is 5.13. The van der Waals surface area contributed by atoms with Crippen LogP contribution in [0.4, 0.5) is 5.69 Å². The van der Waals surface area contributed by atoms with Crippen molar-refractivity contribution in [2.45, 2.75) is 70.0 Å². The standard InChI is InChI=1S/C24H33BrN2O2/c1-15-5-16(2)22(17(3)6-15)26-20(28)13-27(4)21(29)12-23-8-18-7-19(9-23)11-24(25,10-18)14-23/h5-6,18-19H,7-14H2,1-4H3,(H,26,28). The Morgan fingerprint density at radius 1 is 1.10 bits per heavy atom. The molecule has 4 bridgehead atoms. The number of alkyl halides is 1. The average Bonchev–Trinajstić information content (AvgIpc) is 2.55. The molecular formula is C24H33BrN2O2. The van der Waals surface area contributed by atoms with Crippen LogP contribution in [-0.2, 0) is 9.59 Å². The number of nitrogens with zero attached hydrogens (tertiary/aromatic N) is 1. The Labute approximate surface area is 182 Å². The van der Waals surface area contributed by atoms with Crippen molar-refractivity contribution in [1.82, 2.24) is 4.90 Å². The van der Waals surface area contributed by atoms with Crippen LogP contribution in [0.5, 0.6) is 0 Å². The van der Waals surface area contributed by atoms with Gasteiger partial charge in [0.25, 0.3) is 0 Å². The number of amides is 2. The van der Waals surface area contributed by atoms with Crippen LogP contribution in [0, 0.1) is 38.0 Å². The van der Waals surface area contributed by atoms with Crippen molar-refractivity contribution in [1.29, 1.82) is 0 Å². The first-order valence-corrected chi connectivity index (χ1v) is 11.7. The molecule has 1 aromatic rings. The highest BCUT2D eigenvalue weighted by atomic mass is 79.9. The van der Waals surface area contributed by atoms with Gasteiger partial charge in [-0.2, -0.15) is 0 Å². The monoisotopic (exact) mass is 460 g/mol. The van der Waals surface area contributed by atoms with Crippen molar-refractivity contribution in [3.63, 3.8) is 0 Å². The third-order valence-electron chi connectivity index (χ3n) is 7.39. The maximum Gasteiger partial charge on any atom is 0.243 e. The van der Waals surface area contributed by atoms with E-state index in [9.17, 15) is 9.59 Å². The molecule has 0 aliphatic heterocycles.